The van der Waals surface area contributed by atoms with E-state index in [2.05, 4.69) is 9.88 Å². The third-order valence-electron chi connectivity index (χ3n) is 2.78. The number of rotatable bonds is 7. The van der Waals surface area contributed by atoms with Crippen molar-refractivity contribution < 1.29 is 26.5 Å². The number of nitrogens with zero attached hydrogens (tertiary/aromatic N) is 1. The van der Waals surface area contributed by atoms with Crippen LogP contribution in [0.5, 0.6) is 0 Å². The number of hydrogen-bond donors (Lipinski definition) is 3. The lowest BCUT2D eigenvalue weighted by Crippen LogP contribution is -2.49. The molecule has 0 aliphatic carbocycles. The van der Waals surface area contributed by atoms with Crippen LogP contribution >= 0.6 is 0 Å². The average molecular weight is 340 g/mol. The van der Waals surface area contributed by atoms with E-state index in [1.54, 1.807) is 0 Å². The molecule has 0 saturated heterocycles. The van der Waals surface area contributed by atoms with Crippen molar-refractivity contribution in [2.24, 2.45) is 5.73 Å². The van der Waals surface area contributed by atoms with E-state index >= 15 is 0 Å². The number of alkyl halides is 2. The first-order valence-electron chi connectivity index (χ1n) is 6.31. The molecule has 126 valence electrons. The zero-order chi connectivity index (χ0) is 17.1. The van der Waals surface area contributed by atoms with Gasteiger partial charge in [-0.1, -0.05) is 5.16 Å². The molecule has 0 radical (unpaired) electrons. The number of nitrogens with one attached hydrogen (secondary N) is 2. The lowest BCUT2D eigenvalue weighted by molar-refractivity contribution is -0.124. The maximum atomic E-state index is 12.9. The third-order valence-corrected chi connectivity index (χ3v) is 4.57. The van der Waals surface area contributed by atoms with E-state index in [9.17, 15) is 22.0 Å². The first kappa shape index (κ1) is 18.5. The maximum Gasteiger partial charge on any atom is 0.277 e. The summed E-state index contributed by atoms with van der Waals surface area (Å²) in [4.78, 5) is 11.5. The molecule has 1 heterocycles. The summed E-state index contributed by atoms with van der Waals surface area (Å²) in [6.45, 7) is 2.16. The molecule has 0 aromatic carbocycles. The van der Waals surface area contributed by atoms with Gasteiger partial charge in [-0.05, 0) is 20.8 Å². The van der Waals surface area contributed by atoms with Gasteiger partial charge in [0.15, 0.2) is 5.76 Å². The third kappa shape index (κ3) is 4.45. The molecule has 0 bridgehead atoms. The first-order valence-corrected chi connectivity index (χ1v) is 7.79. The molecule has 0 fully saturated rings. The van der Waals surface area contributed by atoms with Gasteiger partial charge < -0.3 is 15.6 Å². The molecule has 1 unspecified atom stereocenters. The molecular formula is C11H18F2N4O4S. The van der Waals surface area contributed by atoms with Crippen LogP contribution in [0, 0.1) is 13.8 Å². The summed E-state index contributed by atoms with van der Waals surface area (Å²) >= 11 is 0. The van der Waals surface area contributed by atoms with Gasteiger partial charge in [0.05, 0.1) is 19.1 Å². The molecule has 4 N–H and O–H groups in total. The van der Waals surface area contributed by atoms with Gasteiger partial charge >= 0.3 is 0 Å². The number of halogens is 2. The Hall–Kier alpha value is -1.59. The van der Waals surface area contributed by atoms with Crippen molar-refractivity contribution in [1.82, 2.24) is 15.2 Å². The second-order valence-corrected chi connectivity index (χ2v) is 6.42. The summed E-state index contributed by atoms with van der Waals surface area (Å²) in [6, 6.07) is -1.26. The van der Waals surface area contributed by atoms with Gasteiger partial charge in [-0.25, -0.2) is 17.2 Å². The number of aryl methyl sites for hydroxylation is 2. The Morgan fingerprint density at radius 3 is 2.50 bits per heavy atom. The number of nitrogens with two attached hydrogens (primary N) is 1. The Morgan fingerprint density at radius 2 is 2.05 bits per heavy atom. The van der Waals surface area contributed by atoms with Crippen molar-refractivity contribution in [1.29, 1.82) is 0 Å². The number of aromatic nitrogens is 1. The molecule has 0 spiro atoms. The Bertz CT molecular complexity index is 625. The van der Waals surface area contributed by atoms with Gasteiger partial charge in [-0.15, -0.1) is 0 Å². The van der Waals surface area contributed by atoms with E-state index in [0.717, 1.165) is 0 Å². The van der Waals surface area contributed by atoms with E-state index in [0.29, 0.717) is 0 Å². The molecule has 1 rings (SSSR count). The highest BCUT2D eigenvalue weighted by molar-refractivity contribution is 7.89. The summed E-state index contributed by atoms with van der Waals surface area (Å²) in [7, 11) is -4.06. The second kappa shape index (κ2) is 6.67. The van der Waals surface area contributed by atoms with E-state index in [1.165, 1.54) is 20.8 Å². The summed E-state index contributed by atoms with van der Waals surface area (Å²) in [5.74, 6) is -4.09. The Balaban J connectivity index is 2.76. The predicted molar refractivity (Wildman–Crippen MR) is 72.8 cm³/mol. The Kier molecular flexibility index (Phi) is 5.59. The minimum Gasteiger partial charge on any atom is -0.360 e. The van der Waals surface area contributed by atoms with Crippen molar-refractivity contribution in [3.8, 4) is 0 Å². The minimum atomic E-state index is -4.06. The van der Waals surface area contributed by atoms with E-state index in [-0.39, 0.29) is 16.3 Å². The standard InChI is InChI=1S/C11H18F2N4O4S/c1-6-9(8(3)21-16-6)22(19,20)17-7(2)10(18)15-5-11(12,13)4-14/h7,17H,4-5,14H2,1-3H3,(H,15,18). The van der Waals surface area contributed by atoms with Crippen LogP contribution in [0.25, 0.3) is 0 Å². The van der Waals surface area contributed by atoms with E-state index < -0.39 is 41.0 Å². The van der Waals surface area contributed by atoms with Gasteiger partial charge in [-0.3, -0.25) is 4.79 Å². The smallest absolute Gasteiger partial charge is 0.277 e. The van der Waals surface area contributed by atoms with Crippen LogP contribution < -0.4 is 15.8 Å². The SMILES string of the molecule is Cc1noc(C)c1S(=O)(=O)NC(C)C(=O)NCC(F)(F)CN. The van der Waals surface area contributed by atoms with E-state index in [4.69, 9.17) is 10.3 Å². The highest BCUT2D eigenvalue weighted by Crippen LogP contribution is 2.18. The maximum absolute atomic E-state index is 12.9. The van der Waals surface area contributed by atoms with Crippen LogP contribution in [0.4, 0.5) is 8.78 Å². The molecule has 22 heavy (non-hydrogen) atoms. The number of hydrogen-bond acceptors (Lipinski definition) is 6. The number of carbonyl (C=O) groups is 1. The van der Waals surface area contributed by atoms with E-state index in [1.807, 2.05) is 5.32 Å². The van der Waals surface area contributed by atoms with Gasteiger partial charge in [0.1, 0.15) is 10.6 Å². The van der Waals surface area contributed by atoms with Crippen LogP contribution in [0.1, 0.15) is 18.4 Å². The van der Waals surface area contributed by atoms with Crippen LogP contribution in [0.2, 0.25) is 0 Å². The average Bonchev–Trinajstić information content (AvgIpc) is 2.75. The van der Waals surface area contributed by atoms with Crippen LogP contribution in [-0.2, 0) is 14.8 Å². The van der Waals surface area contributed by atoms with Crippen molar-refractivity contribution in [2.45, 2.75) is 37.6 Å². The quantitative estimate of drug-likeness (QED) is 0.623. The fourth-order valence-corrected chi connectivity index (χ4v) is 3.18. The second-order valence-electron chi connectivity index (χ2n) is 4.77. The van der Waals surface area contributed by atoms with Crippen molar-refractivity contribution >= 4 is 15.9 Å². The van der Waals surface area contributed by atoms with Crippen LogP contribution in [0.15, 0.2) is 9.42 Å². The monoisotopic (exact) mass is 340 g/mol. The van der Waals surface area contributed by atoms with Gasteiger partial charge in [0.2, 0.25) is 15.9 Å². The predicted octanol–water partition coefficient (Wildman–Crippen LogP) is -0.332. The van der Waals surface area contributed by atoms with Crippen LogP contribution in [0.3, 0.4) is 0 Å². The van der Waals surface area contributed by atoms with Crippen LogP contribution in [-0.4, -0.2) is 44.5 Å². The lowest BCUT2D eigenvalue weighted by atomic mass is 10.3. The summed E-state index contributed by atoms with van der Waals surface area (Å²) < 4.78 is 57.0. The zero-order valence-electron chi connectivity index (χ0n) is 12.3. The zero-order valence-corrected chi connectivity index (χ0v) is 13.1. The van der Waals surface area contributed by atoms with Gasteiger partial charge in [0.25, 0.3) is 5.92 Å². The summed E-state index contributed by atoms with van der Waals surface area (Å²) in [5, 5.41) is 5.44. The summed E-state index contributed by atoms with van der Waals surface area (Å²) in [6.07, 6.45) is 0. The molecule has 1 aromatic rings. The number of carbonyl (C=O) groups excluding carboxylic acids is 1. The molecule has 11 heteroatoms. The van der Waals surface area contributed by atoms with Gasteiger partial charge in [-0.2, -0.15) is 4.72 Å². The molecule has 0 saturated carbocycles. The lowest BCUT2D eigenvalue weighted by Gasteiger charge is -2.18. The molecule has 0 aliphatic rings. The van der Waals surface area contributed by atoms with Crippen molar-refractivity contribution in [3.05, 3.63) is 11.5 Å². The van der Waals surface area contributed by atoms with Gasteiger partial charge in [0, 0.05) is 0 Å². The first-order chi connectivity index (χ1) is 10.00. The summed E-state index contributed by atoms with van der Waals surface area (Å²) in [5.41, 5.74) is 4.97. The highest BCUT2D eigenvalue weighted by Gasteiger charge is 2.31. The normalized spacial score (nSPS) is 13.9. The fraction of sp³-hybridized carbons (Fsp3) is 0.636. The molecular weight excluding hydrogens is 322 g/mol. The van der Waals surface area contributed by atoms with Crippen molar-refractivity contribution in [3.63, 3.8) is 0 Å². The largest absolute Gasteiger partial charge is 0.360 e. The molecule has 0 aliphatic heterocycles. The molecule has 1 atom stereocenters. The highest BCUT2D eigenvalue weighted by atomic mass is 32.2. The molecule has 1 amide bonds. The fourth-order valence-electron chi connectivity index (χ4n) is 1.65. The number of sulfonamides is 1. The minimum absolute atomic E-state index is 0.0623. The Morgan fingerprint density at radius 1 is 1.45 bits per heavy atom. The molecule has 8 nitrogen and oxygen atoms in total. The topological polar surface area (TPSA) is 127 Å². The molecule has 1 aromatic heterocycles. The number of amides is 1. The van der Waals surface area contributed by atoms with Crippen molar-refractivity contribution in [2.75, 3.05) is 13.1 Å². The Labute approximate surface area is 126 Å².